The van der Waals surface area contributed by atoms with E-state index in [9.17, 15) is 0 Å². The smallest absolute Gasteiger partial charge is 0.181 e. The van der Waals surface area contributed by atoms with E-state index in [0.717, 1.165) is 55.9 Å². The molecule has 0 aliphatic heterocycles. The van der Waals surface area contributed by atoms with Gasteiger partial charge in [0.25, 0.3) is 0 Å². The van der Waals surface area contributed by atoms with Crippen molar-refractivity contribution in [2.75, 3.05) is 0 Å². The summed E-state index contributed by atoms with van der Waals surface area (Å²) in [4.78, 5) is 14.3. The topological polar surface area (TPSA) is 51.8 Å². The number of rotatable bonds is 5. The Balaban J connectivity index is 1.27. The molecule has 0 atom stereocenters. The average molecular weight is 552 g/mol. The number of hydrogen-bond donors (Lipinski definition) is 0. The largest absolute Gasteiger partial charge is 0.443 e. The van der Waals surface area contributed by atoms with Crippen molar-refractivity contribution in [3.05, 3.63) is 152 Å². The van der Waals surface area contributed by atoms with Crippen molar-refractivity contribution >= 4 is 21.9 Å². The molecule has 0 saturated heterocycles. The van der Waals surface area contributed by atoms with Crippen LogP contribution in [-0.2, 0) is 0 Å². The molecule has 2 aromatic heterocycles. The van der Waals surface area contributed by atoms with Gasteiger partial charge in [-0.15, -0.1) is 0 Å². The molecule has 0 saturated carbocycles. The molecule has 8 aromatic rings. The molecule has 0 unspecified atom stereocenters. The summed E-state index contributed by atoms with van der Waals surface area (Å²) in [6.45, 7) is 0. The molecule has 4 heteroatoms. The van der Waals surface area contributed by atoms with Crippen molar-refractivity contribution in [2.45, 2.75) is 0 Å². The third-order valence-electron chi connectivity index (χ3n) is 7.87. The maximum absolute atomic E-state index is 5.64. The summed E-state index contributed by atoms with van der Waals surface area (Å²) < 4.78 is 5.64. The monoisotopic (exact) mass is 551 g/mol. The van der Waals surface area contributed by atoms with Gasteiger partial charge in [-0.1, -0.05) is 127 Å². The Morgan fingerprint density at radius 1 is 0.465 bits per heavy atom. The van der Waals surface area contributed by atoms with Gasteiger partial charge in [0.15, 0.2) is 17.8 Å². The number of oxazole rings is 1. The highest BCUT2D eigenvalue weighted by Gasteiger charge is 2.15. The van der Waals surface area contributed by atoms with Crippen molar-refractivity contribution in [1.29, 1.82) is 0 Å². The van der Waals surface area contributed by atoms with E-state index in [1.54, 1.807) is 0 Å². The molecular weight excluding hydrogens is 526 g/mol. The zero-order valence-corrected chi connectivity index (χ0v) is 23.2. The van der Waals surface area contributed by atoms with Crippen LogP contribution in [0.25, 0.3) is 78.0 Å². The first-order valence-electron chi connectivity index (χ1n) is 14.3. The van der Waals surface area contributed by atoms with Crippen LogP contribution in [0.5, 0.6) is 0 Å². The van der Waals surface area contributed by atoms with Crippen LogP contribution in [0.15, 0.2) is 156 Å². The molecule has 0 fully saturated rings. The molecule has 0 bridgehead atoms. The van der Waals surface area contributed by atoms with E-state index in [0.29, 0.717) is 5.82 Å². The van der Waals surface area contributed by atoms with E-state index >= 15 is 0 Å². The molecular formula is C39H25N3O. The van der Waals surface area contributed by atoms with Crippen molar-refractivity contribution < 1.29 is 4.42 Å². The van der Waals surface area contributed by atoms with Gasteiger partial charge in [0.05, 0.1) is 11.4 Å². The van der Waals surface area contributed by atoms with Gasteiger partial charge in [0, 0.05) is 16.7 Å². The van der Waals surface area contributed by atoms with Crippen LogP contribution in [0.2, 0.25) is 0 Å². The fourth-order valence-corrected chi connectivity index (χ4v) is 5.72. The van der Waals surface area contributed by atoms with Gasteiger partial charge >= 0.3 is 0 Å². The lowest BCUT2D eigenvalue weighted by Crippen LogP contribution is -1.96. The number of hydrogen-bond acceptors (Lipinski definition) is 4. The van der Waals surface area contributed by atoms with Gasteiger partial charge in [-0.05, 0) is 51.2 Å². The molecule has 8 rings (SSSR count). The second-order valence-corrected chi connectivity index (χ2v) is 10.5. The summed E-state index contributed by atoms with van der Waals surface area (Å²) in [7, 11) is 0. The Bertz CT molecular complexity index is 2160. The molecule has 6 aromatic carbocycles. The predicted molar refractivity (Wildman–Crippen MR) is 174 cm³/mol. The summed E-state index contributed by atoms with van der Waals surface area (Å²) in [5.74, 6) is 0.695. The Morgan fingerprint density at radius 2 is 1.09 bits per heavy atom. The highest BCUT2D eigenvalue weighted by Crippen LogP contribution is 2.39. The van der Waals surface area contributed by atoms with Gasteiger partial charge in [-0.2, -0.15) is 0 Å². The Kier molecular flexibility index (Phi) is 6.08. The van der Waals surface area contributed by atoms with E-state index in [1.165, 1.54) is 22.7 Å². The van der Waals surface area contributed by atoms with Gasteiger partial charge in [0.2, 0.25) is 0 Å². The molecule has 4 nitrogen and oxygen atoms in total. The first-order chi connectivity index (χ1) is 21.3. The fourth-order valence-electron chi connectivity index (χ4n) is 5.72. The van der Waals surface area contributed by atoms with Crippen molar-refractivity contribution in [3.63, 3.8) is 0 Å². The highest BCUT2D eigenvalue weighted by molar-refractivity contribution is 6.04. The minimum absolute atomic E-state index is 0.695. The molecule has 0 spiro atoms. The van der Waals surface area contributed by atoms with Gasteiger partial charge in [-0.3, -0.25) is 0 Å². The lowest BCUT2D eigenvalue weighted by Gasteiger charge is -2.15. The molecule has 202 valence electrons. The molecule has 0 aliphatic rings. The van der Waals surface area contributed by atoms with Crippen LogP contribution in [0.1, 0.15) is 0 Å². The minimum atomic E-state index is 0.695. The van der Waals surface area contributed by atoms with Crippen LogP contribution in [0.4, 0.5) is 0 Å². The number of fused-ring (bicyclic) bond motifs is 2. The number of aromatic nitrogens is 3. The van der Waals surface area contributed by atoms with Crippen molar-refractivity contribution in [2.24, 2.45) is 0 Å². The van der Waals surface area contributed by atoms with E-state index in [4.69, 9.17) is 14.4 Å². The molecule has 0 amide bonds. The third kappa shape index (κ3) is 4.65. The minimum Gasteiger partial charge on any atom is -0.443 e. The molecule has 0 radical (unpaired) electrons. The van der Waals surface area contributed by atoms with Crippen molar-refractivity contribution in [1.82, 2.24) is 15.0 Å². The lowest BCUT2D eigenvalue weighted by atomic mass is 9.89. The van der Waals surface area contributed by atoms with E-state index in [-0.39, 0.29) is 0 Å². The van der Waals surface area contributed by atoms with E-state index in [2.05, 4.69) is 108 Å². The molecule has 43 heavy (non-hydrogen) atoms. The van der Waals surface area contributed by atoms with Crippen LogP contribution in [-0.4, -0.2) is 15.0 Å². The second-order valence-electron chi connectivity index (χ2n) is 10.5. The lowest BCUT2D eigenvalue weighted by molar-refractivity contribution is 0.602. The molecule has 0 aliphatic carbocycles. The van der Waals surface area contributed by atoms with Crippen LogP contribution >= 0.6 is 0 Å². The molecule has 2 heterocycles. The Labute approximate surface area is 249 Å². The summed E-state index contributed by atoms with van der Waals surface area (Å²) in [6, 6.07) is 50.3. The van der Waals surface area contributed by atoms with Gasteiger partial charge in [0.1, 0.15) is 5.52 Å². The second kappa shape index (κ2) is 10.5. The van der Waals surface area contributed by atoms with Gasteiger partial charge in [-0.25, -0.2) is 15.0 Å². The third-order valence-corrected chi connectivity index (χ3v) is 7.87. The maximum atomic E-state index is 5.64. The summed E-state index contributed by atoms with van der Waals surface area (Å²) >= 11 is 0. The summed E-state index contributed by atoms with van der Waals surface area (Å²) in [6.07, 6.45) is 1.49. The summed E-state index contributed by atoms with van der Waals surface area (Å²) in [5.41, 5.74) is 11.0. The first-order valence-corrected chi connectivity index (χ1v) is 14.3. The molecule has 0 N–H and O–H groups in total. The zero-order chi connectivity index (χ0) is 28.6. The highest BCUT2D eigenvalue weighted by atomic mass is 16.3. The quantitative estimate of drug-likeness (QED) is 0.214. The number of benzene rings is 6. The predicted octanol–water partition coefficient (Wildman–Crippen LogP) is 10.1. The normalized spacial score (nSPS) is 11.3. The fraction of sp³-hybridized carbons (Fsp3) is 0. The standard InChI is InChI=1S/C39H25N3O/c1-3-10-27(11-4-1)35-24-36(28-12-5-2-6-13-28)42-39(41-35)30-17-15-29(16-18-30)38-32-14-8-7-9-26(32)19-21-33(38)31-20-22-34-37(23-31)43-25-40-34/h1-25H. The van der Waals surface area contributed by atoms with Gasteiger partial charge < -0.3 is 4.42 Å². The van der Waals surface area contributed by atoms with Crippen LogP contribution in [0, 0.1) is 0 Å². The number of nitrogens with zero attached hydrogens (tertiary/aromatic N) is 3. The first kappa shape index (κ1) is 24.9. The Morgan fingerprint density at radius 3 is 1.81 bits per heavy atom. The SMILES string of the molecule is c1ccc(-c2cc(-c3ccccc3)nc(-c3ccc(-c4c(-c5ccc6ncoc6c5)ccc5ccccc45)cc3)n2)cc1. The summed E-state index contributed by atoms with van der Waals surface area (Å²) in [5, 5.41) is 2.39. The maximum Gasteiger partial charge on any atom is 0.181 e. The Hall–Kier alpha value is -5.87. The van der Waals surface area contributed by atoms with E-state index in [1.807, 2.05) is 42.5 Å². The van der Waals surface area contributed by atoms with E-state index < -0.39 is 0 Å². The van der Waals surface area contributed by atoms with Crippen LogP contribution < -0.4 is 0 Å². The average Bonchev–Trinajstić information content (AvgIpc) is 3.57. The van der Waals surface area contributed by atoms with Crippen LogP contribution in [0.3, 0.4) is 0 Å². The van der Waals surface area contributed by atoms with Crippen molar-refractivity contribution in [3.8, 4) is 56.2 Å². The zero-order valence-electron chi connectivity index (χ0n) is 23.2.